The summed E-state index contributed by atoms with van der Waals surface area (Å²) in [5, 5.41) is 12.2. The molecule has 1 aliphatic carbocycles. The van der Waals surface area contributed by atoms with Gasteiger partial charge < -0.3 is 4.74 Å². The van der Waals surface area contributed by atoms with Crippen LogP contribution in [0.3, 0.4) is 0 Å². The Balaban J connectivity index is 1.34. The lowest BCUT2D eigenvalue weighted by Gasteiger charge is -2.31. The maximum absolute atomic E-state index is 5.24. The van der Waals surface area contributed by atoms with Gasteiger partial charge in [-0.2, -0.15) is 0 Å². The third kappa shape index (κ3) is 3.22. The van der Waals surface area contributed by atoms with Crippen molar-refractivity contribution in [3.05, 3.63) is 35.7 Å². The molecule has 122 valence electrons. The van der Waals surface area contributed by atoms with E-state index >= 15 is 0 Å². The average molecular weight is 313 g/mol. The van der Waals surface area contributed by atoms with Crippen LogP contribution >= 0.6 is 0 Å². The Hall–Kier alpha value is -1.95. The van der Waals surface area contributed by atoms with Crippen molar-refractivity contribution < 1.29 is 4.74 Å². The first kappa shape index (κ1) is 14.6. The van der Waals surface area contributed by atoms with E-state index in [2.05, 4.69) is 44.7 Å². The lowest BCUT2D eigenvalue weighted by Crippen LogP contribution is -2.33. The number of aromatic nitrogens is 4. The Morgan fingerprint density at radius 1 is 1.09 bits per heavy atom. The molecule has 1 saturated heterocycles. The van der Waals surface area contributed by atoms with Gasteiger partial charge in [0.05, 0.1) is 19.7 Å². The topological polar surface area (TPSA) is 56.1 Å². The molecule has 1 aliphatic heterocycles. The first-order valence-corrected chi connectivity index (χ1v) is 8.46. The van der Waals surface area contributed by atoms with E-state index < -0.39 is 0 Å². The monoisotopic (exact) mass is 313 g/mol. The minimum absolute atomic E-state index is 0.553. The molecule has 2 aromatic rings. The summed E-state index contributed by atoms with van der Waals surface area (Å²) in [4.78, 5) is 2.48. The number of piperidine rings is 1. The van der Waals surface area contributed by atoms with Crippen LogP contribution in [0.25, 0.3) is 0 Å². The fraction of sp³-hybridized carbons (Fsp3) is 0.588. The van der Waals surface area contributed by atoms with Crippen molar-refractivity contribution in [2.45, 2.75) is 44.2 Å². The molecule has 6 heteroatoms. The van der Waals surface area contributed by atoms with Crippen LogP contribution in [0, 0.1) is 0 Å². The molecule has 0 atom stereocenters. The van der Waals surface area contributed by atoms with E-state index in [1.165, 1.54) is 31.2 Å². The van der Waals surface area contributed by atoms with Gasteiger partial charge in [-0.1, -0.05) is 12.1 Å². The second-order valence-electron chi connectivity index (χ2n) is 6.59. The Kier molecular flexibility index (Phi) is 3.99. The van der Waals surface area contributed by atoms with Gasteiger partial charge in [-0.15, -0.1) is 5.10 Å². The van der Waals surface area contributed by atoms with Gasteiger partial charge in [-0.3, -0.25) is 4.90 Å². The summed E-state index contributed by atoms with van der Waals surface area (Å²) < 4.78 is 7.26. The average Bonchev–Trinajstić information content (AvgIpc) is 3.35. The standard InChI is InChI=1S/C17H23N5O/c1-23-16-6-2-13(3-7-16)14-8-10-21(11-9-14)12-17-18-19-20-22(17)15-4-5-15/h2-3,6-7,14-15H,4-5,8-12H2,1H3. The molecule has 4 rings (SSSR count). The maximum Gasteiger partial charge on any atom is 0.165 e. The lowest BCUT2D eigenvalue weighted by molar-refractivity contribution is 0.197. The number of nitrogens with zero attached hydrogens (tertiary/aromatic N) is 5. The predicted molar refractivity (Wildman–Crippen MR) is 86.3 cm³/mol. The summed E-state index contributed by atoms with van der Waals surface area (Å²) in [5.74, 6) is 2.60. The molecule has 6 nitrogen and oxygen atoms in total. The third-order valence-electron chi connectivity index (χ3n) is 4.99. The summed E-state index contributed by atoms with van der Waals surface area (Å²) in [5.41, 5.74) is 1.42. The predicted octanol–water partition coefficient (Wildman–Crippen LogP) is 2.40. The molecular formula is C17H23N5O. The summed E-state index contributed by atoms with van der Waals surface area (Å²) in [6, 6.07) is 9.08. The number of rotatable bonds is 5. The van der Waals surface area contributed by atoms with Crippen molar-refractivity contribution in [2.75, 3.05) is 20.2 Å². The van der Waals surface area contributed by atoms with Gasteiger partial charge in [0, 0.05) is 0 Å². The number of hydrogen-bond donors (Lipinski definition) is 0. The van der Waals surface area contributed by atoms with E-state index in [1.54, 1.807) is 7.11 Å². The molecule has 1 aromatic heterocycles. The van der Waals surface area contributed by atoms with E-state index in [0.717, 1.165) is 31.2 Å². The Morgan fingerprint density at radius 2 is 1.83 bits per heavy atom. The van der Waals surface area contributed by atoms with Gasteiger partial charge in [0.2, 0.25) is 0 Å². The molecule has 0 radical (unpaired) electrons. The Morgan fingerprint density at radius 3 is 2.48 bits per heavy atom. The number of methoxy groups -OCH3 is 1. The van der Waals surface area contributed by atoms with Crippen molar-refractivity contribution in [3.8, 4) is 5.75 Å². The minimum atomic E-state index is 0.553. The molecule has 1 saturated carbocycles. The molecule has 0 N–H and O–H groups in total. The van der Waals surface area contributed by atoms with E-state index in [1.807, 2.05) is 4.68 Å². The first-order chi connectivity index (χ1) is 11.3. The van der Waals surface area contributed by atoms with Crippen LogP contribution in [-0.4, -0.2) is 45.3 Å². The smallest absolute Gasteiger partial charge is 0.165 e. The minimum Gasteiger partial charge on any atom is -0.497 e. The van der Waals surface area contributed by atoms with Crippen molar-refractivity contribution in [1.82, 2.24) is 25.1 Å². The third-order valence-corrected chi connectivity index (χ3v) is 4.99. The van der Waals surface area contributed by atoms with Crippen LogP contribution in [-0.2, 0) is 6.54 Å². The molecule has 0 amide bonds. The van der Waals surface area contributed by atoms with E-state index in [9.17, 15) is 0 Å². The summed E-state index contributed by atoms with van der Waals surface area (Å²) >= 11 is 0. The van der Waals surface area contributed by atoms with Gasteiger partial charge in [-0.05, 0) is 72.8 Å². The van der Waals surface area contributed by atoms with Crippen LogP contribution in [0.2, 0.25) is 0 Å². The number of ether oxygens (including phenoxy) is 1. The molecule has 0 unspecified atom stereocenters. The quantitative estimate of drug-likeness (QED) is 0.848. The Bertz CT molecular complexity index is 641. The SMILES string of the molecule is COc1ccc(C2CCN(Cc3nnnn3C3CC3)CC2)cc1. The molecular weight excluding hydrogens is 290 g/mol. The van der Waals surface area contributed by atoms with Crippen LogP contribution in [0.1, 0.15) is 49.0 Å². The zero-order valence-electron chi connectivity index (χ0n) is 13.6. The molecule has 0 spiro atoms. The molecule has 2 aliphatic rings. The summed E-state index contributed by atoms with van der Waals surface area (Å²) in [6.07, 6.45) is 4.82. The highest BCUT2D eigenvalue weighted by atomic mass is 16.5. The summed E-state index contributed by atoms with van der Waals surface area (Å²) in [6.45, 7) is 3.08. The molecule has 2 fully saturated rings. The maximum atomic E-state index is 5.24. The largest absolute Gasteiger partial charge is 0.497 e. The van der Waals surface area contributed by atoms with Crippen LogP contribution in [0.4, 0.5) is 0 Å². The van der Waals surface area contributed by atoms with Crippen LogP contribution < -0.4 is 4.74 Å². The van der Waals surface area contributed by atoms with Gasteiger partial charge >= 0.3 is 0 Å². The van der Waals surface area contributed by atoms with Gasteiger partial charge in [0.25, 0.3) is 0 Å². The summed E-state index contributed by atoms with van der Waals surface area (Å²) in [7, 11) is 1.71. The zero-order chi connectivity index (χ0) is 15.6. The second-order valence-corrected chi connectivity index (χ2v) is 6.59. The second kappa shape index (κ2) is 6.28. The lowest BCUT2D eigenvalue weighted by atomic mass is 9.89. The van der Waals surface area contributed by atoms with Crippen LogP contribution in [0.5, 0.6) is 5.75 Å². The van der Waals surface area contributed by atoms with Gasteiger partial charge in [0.1, 0.15) is 5.75 Å². The van der Waals surface area contributed by atoms with Gasteiger partial charge in [0.15, 0.2) is 5.82 Å². The number of hydrogen-bond acceptors (Lipinski definition) is 5. The van der Waals surface area contributed by atoms with Crippen molar-refractivity contribution in [1.29, 1.82) is 0 Å². The number of tetrazole rings is 1. The number of likely N-dealkylation sites (tertiary alicyclic amines) is 1. The zero-order valence-corrected chi connectivity index (χ0v) is 13.6. The Labute approximate surface area is 136 Å². The number of benzene rings is 1. The van der Waals surface area contributed by atoms with Crippen molar-refractivity contribution >= 4 is 0 Å². The fourth-order valence-corrected chi connectivity index (χ4v) is 3.42. The highest BCUT2D eigenvalue weighted by Crippen LogP contribution is 2.35. The molecule has 1 aromatic carbocycles. The van der Waals surface area contributed by atoms with Crippen LogP contribution in [0.15, 0.2) is 24.3 Å². The highest BCUT2D eigenvalue weighted by molar-refractivity contribution is 5.29. The van der Waals surface area contributed by atoms with E-state index in [0.29, 0.717) is 12.0 Å². The van der Waals surface area contributed by atoms with Gasteiger partial charge in [-0.25, -0.2) is 4.68 Å². The van der Waals surface area contributed by atoms with Crippen molar-refractivity contribution in [3.63, 3.8) is 0 Å². The highest BCUT2D eigenvalue weighted by Gasteiger charge is 2.29. The normalized spacial score (nSPS) is 19.9. The van der Waals surface area contributed by atoms with E-state index in [-0.39, 0.29) is 0 Å². The molecule has 23 heavy (non-hydrogen) atoms. The first-order valence-electron chi connectivity index (χ1n) is 8.46. The van der Waals surface area contributed by atoms with E-state index in [4.69, 9.17) is 4.74 Å². The van der Waals surface area contributed by atoms with Crippen molar-refractivity contribution in [2.24, 2.45) is 0 Å². The fourth-order valence-electron chi connectivity index (χ4n) is 3.42. The molecule has 2 heterocycles. The molecule has 0 bridgehead atoms.